The van der Waals surface area contributed by atoms with E-state index in [4.69, 9.17) is 25.8 Å². The van der Waals surface area contributed by atoms with E-state index >= 15 is 0 Å². The molecule has 2 aliphatic carbocycles. The number of fused-ring (bicyclic) bond motifs is 4. The minimum absolute atomic E-state index is 0.104. The second-order valence-electron chi connectivity index (χ2n) is 13.3. The lowest BCUT2D eigenvalue weighted by molar-refractivity contribution is -0.137. The lowest BCUT2D eigenvalue weighted by Gasteiger charge is -2.46. The first-order valence-corrected chi connectivity index (χ1v) is 17.8. The molecular formula is C35H42ClN3O6S. The highest BCUT2D eigenvalue weighted by Crippen LogP contribution is 2.47. The topological polar surface area (TPSA) is 107 Å². The summed E-state index contributed by atoms with van der Waals surface area (Å²) in [5.74, 6) is -0.201. The summed E-state index contributed by atoms with van der Waals surface area (Å²) in [6.45, 7) is 8.66. The fourth-order valence-corrected chi connectivity index (χ4v) is 9.04. The van der Waals surface area contributed by atoms with Gasteiger partial charge in [-0.3, -0.25) is 14.3 Å². The van der Waals surface area contributed by atoms with Crippen LogP contribution in [0.15, 0.2) is 70.5 Å². The molecule has 5 atom stereocenters. The van der Waals surface area contributed by atoms with Crippen LogP contribution in [0.5, 0.6) is 5.75 Å². The molecule has 46 heavy (non-hydrogen) atoms. The van der Waals surface area contributed by atoms with Crippen LogP contribution in [0, 0.1) is 11.8 Å². The van der Waals surface area contributed by atoms with Crippen molar-refractivity contribution in [1.82, 2.24) is 4.72 Å². The second-order valence-corrected chi connectivity index (χ2v) is 15.6. The van der Waals surface area contributed by atoms with E-state index in [1.807, 2.05) is 18.2 Å². The quantitative estimate of drug-likeness (QED) is 0.326. The van der Waals surface area contributed by atoms with Gasteiger partial charge in [-0.15, -0.1) is 4.36 Å². The number of aryl methyl sites for hydroxylation is 1. The lowest BCUT2D eigenvalue weighted by Crippen LogP contribution is -2.49. The third kappa shape index (κ3) is 6.24. The molecular weight excluding hydrogens is 626 g/mol. The van der Waals surface area contributed by atoms with Gasteiger partial charge < -0.3 is 19.1 Å². The van der Waals surface area contributed by atoms with Gasteiger partial charge in [-0.1, -0.05) is 36.4 Å². The Morgan fingerprint density at radius 3 is 2.80 bits per heavy atom. The van der Waals surface area contributed by atoms with Crippen LogP contribution < -0.4 is 14.4 Å². The van der Waals surface area contributed by atoms with Crippen LogP contribution in [0.25, 0.3) is 0 Å². The Kier molecular flexibility index (Phi) is 9.10. The van der Waals surface area contributed by atoms with Gasteiger partial charge >= 0.3 is 0 Å². The molecule has 2 bridgehead atoms. The smallest absolute Gasteiger partial charge is 0.287 e. The van der Waals surface area contributed by atoms with Crippen molar-refractivity contribution in [3.63, 3.8) is 0 Å². The minimum atomic E-state index is -3.78. The van der Waals surface area contributed by atoms with E-state index < -0.39 is 27.3 Å². The van der Waals surface area contributed by atoms with E-state index in [1.54, 1.807) is 39.2 Å². The van der Waals surface area contributed by atoms with Crippen LogP contribution in [0.3, 0.4) is 0 Å². The first kappa shape index (κ1) is 32.7. The highest BCUT2D eigenvalue weighted by Gasteiger charge is 2.44. The number of amides is 2. The van der Waals surface area contributed by atoms with E-state index in [0.29, 0.717) is 30.7 Å². The van der Waals surface area contributed by atoms with Crippen molar-refractivity contribution in [2.75, 3.05) is 38.3 Å². The number of rotatable bonds is 3. The molecule has 11 heteroatoms. The normalized spacial score (nSPS) is 31.2. The van der Waals surface area contributed by atoms with Crippen molar-refractivity contribution in [3.8, 4) is 5.75 Å². The minimum Gasteiger partial charge on any atom is -0.490 e. The summed E-state index contributed by atoms with van der Waals surface area (Å²) in [5.41, 5.74) is 1.53. The van der Waals surface area contributed by atoms with Gasteiger partial charge in [-0.05, 0) is 105 Å². The van der Waals surface area contributed by atoms with E-state index in [1.165, 1.54) is 11.1 Å². The summed E-state index contributed by atoms with van der Waals surface area (Å²) in [6, 6.07) is 11.3. The van der Waals surface area contributed by atoms with Crippen LogP contribution in [-0.4, -0.2) is 61.1 Å². The summed E-state index contributed by atoms with van der Waals surface area (Å²) >= 11 is 6.43. The number of anilines is 1. The summed E-state index contributed by atoms with van der Waals surface area (Å²) in [7, 11) is -2.06. The molecule has 6 rings (SSSR count). The zero-order valence-corrected chi connectivity index (χ0v) is 28.2. The number of halogens is 1. The Labute approximate surface area is 276 Å². The van der Waals surface area contributed by atoms with Gasteiger partial charge in [0.25, 0.3) is 11.8 Å². The molecule has 2 amide bonds. The van der Waals surface area contributed by atoms with Crippen molar-refractivity contribution in [3.05, 3.63) is 77.4 Å². The average molecular weight is 668 g/mol. The molecule has 2 aromatic rings. The highest BCUT2D eigenvalue weighted by molar-refractivity contribution is 7.92. The van der Waals surface area contributed by atoms with E-state index in [0.717, 1.165) is 55.4 Å². The molecule has 0 aromatic heterocycles. The van der Waals surface area contributed by atoms with Crippen molar-refractivity contribution in [1.29, 1.82) is 0 Å². The Bertz CT molecular complexity index is 1700. The number of hydrogen-bond donors (Lipinski definition) is 1. The van der Waals surface area contributed by atoms with Crippen LogP contribution in [0.4, 0.5) is 5.69 Å². The molecule has 2 aliphatic heterocycles. The van der Waals surface area contributed by atoms with Crippen molar-refractivity contribution < 1.29 is 28.0 Å². The second kappa shape index (κ2) is 12.8. The molecule has 4 aliphatic rings. The molecule has 2 aromatic carbocycles. The van der Waals surface area contributed by atoms with Gasteiger partial charge in [-0.25, -0.2) is 4.21 Å². The van der Waals surface area contributed by atoms with Crippen molar-refractivity contribution >= 4 is 39.0 Å². The first-order chi connectivity index (χ1) is 22.0. The maximum absolute atomic E-state index is 14.6. The number of ether oxygens (including phenoxy) is 3. The largest absolute Gasteiger partial charge is 0.490 e. The number of nitrogens with zero attached hydrogens (tertiary/aromatic N) is 2. The van der Waals surface area contributed by atoms with Crippen molar-refractivity contribution in [2.45, 2.75) is 68.0 Å². The van der Waals surface area contributed by atoms with E-state index in [2.05, 4.69) is 32.7 Å². The van der Waals surface area contributed by atoms with Gasteiger partial charge in [0.05, 0.1) is 29.9 Å². The maximum Gasteiger partial charge on any atom is 0.287 e. The third-order valence-electron chi connectivity index (χ3n) is 9.97. The Balaban J connectivity index is 1.51. The number of hydrogen-bond acceptors (Lipinski definition) is 7. The van der Waals surface area contributed by atoms with Crippen LogP contribution >= 0.6 is 11.6 Å². The van der Waals surface area contributed by atoms with Crippen LogP contribution in [0.2, 0.25) is 5.02 Å². The Morgan fingerprint density at radius 2 is 2.07 bits per heavy atom. The van der Waals surface area contributed by atoms with E-state index in [9.17, 15) is 13.8 Å². The molecule has 2 heterocycles. The Hall–Kier alpha value is -3.18. The van der Waals surface area contributed by atoms with E-state index in [-0.39, 0.29) is 23.0 Å². The predicted octanol–water partition coefficient (Wildman–Crippen LogP) is 5.79. The van der Waals surface area contributed by atoms with Gasteiger partial charge in [0.2, 0.25) is 0 Å². The van der Waals surface area contributed by atoms with Gasteiger partial charge in [0, 0.05) is 30.6 Å². The molecule has 1 saturated carbocycles. The van der Waals surface area contributed by atoms with Gasteiger partial charge in [0.15, 0.2) is 9.92 Å². The molecule has 1 fully saturated rings. The molecule has 0 saturated heterocycles. The fourth-order valence-electron chi connectivity index (χ4n) is 7.25. The van der Waals surface area contributed by atoms with Gasteiger partial charge in [0.1, 0.15) is 11.4 Å². The fraction of sp³-hybridized carbons (Fsp3) is 0.486. The molecule has 0 radical (unpaired) electrons. The average Bonchev–Trinajstić information content (AvgIpc) is 3.16. The maximum atomic E-state index is 14.6. The monoisotopic (exact) mass is 667 g/mol. The van der Waals surface area contributed by atoms with Crippen molar-refractivity contribution in [2.24, 2.45) is 16.2 Å². The molecule has 0 unspecified atom stereocenters. The molecule has 246 valence electrons. The molecule has 1 spiro atoms. The summed E-state index contributed by atoms with van der Waals surface area (Å²) < 4.78 is 39.6. The zero-order chi connectivity index (χ0) is 32.7. The van der Waals surface area contributed by atoms with Crippen LogP contribution in [0.1, 0.15) is 50.7 Å². The third-order valence-corrected chi connectivity index (χ3v) is 12.0. The summed E-state index contributed by atoms with van der Waals surface area (Å²) in [6.07, 6.45) is 9.77. The summed E-state index contributed by atoms with van der Waals surface area (Å²) in [4.78, 5) is 28.6. The predicted molar refractivity (Wildman–Crippen MR) is 179 cm³/mol. The summed E-state index contributed by atoms with van der Waals surface area (Å²) in [5, 5.41) is 0.725. The molecule has 9 nitrogen and oxygen atoms in total. The van der Waals surface area contributed by atoms with Gasteiger partial charge in [-0.2, -0.15) is 0 Å². The standard InChI is InChI=1S/C35H42ClN3O6S/c1-5-32(40)37-46(42)26-12-15-31-29(19-26)39(21-35(22-44-31)16-6-8-23-18-25(36)11-14-28(23)35)20-24-10-13-27(24)30(43-4)9-7-17-45-34(2,3)33(41)38-46/h5,7,9,11-12,14-15,18-19,24,27,30H,1,6,8,10,13,16-17,20-22H2,2-4H3,(H,37,38,40,41,42)/b9-7+/t24-,27+,30+,35-,46-/m0/s1. The SMILES string of the molecule is C=CC(=O)N[S@]1(=O)=NC(=O)C(C)(C)OC/C=C/[C@@H](OC)[C@@H]2CC[C@H]2CN2C[C@@]3(CCCc4cc(Cl)ccc43)COc3ccc1cc32. The number of carbonyl (C=O) groups is 2. The lowest BCUT2D eigenvalue weighted by atomic mass is 9.68. The number of carbonyl (C=O) groups excluding carboxylic acids is 2. The first-order valence-electron chi connectivity index (χ1n) is 15.9. The Morgan fingerprint density at radius 1 is 1.24 bits per heavy atom. The number of benzene rings is 2. The van der Waals surface area contributed by atoms with Crippen LogP contribution in [-0.2, 0) is 40.8 Å². The highest BCUT2D eigenvalue weighted by atomic mass is 35.5. The zero-order valence-electron chi connectivity index (χ0n) is 26.6. The number of methoxy groups -OCH3 is 1. The number of nitrogens with one attached hydrogen (secondary N) is 1. The molecule has 1 N–H and O–H groups in total.